The molecule has 0 spiro atoms. The van der Waals surface area contributed by atoms with E-state index in [1.54, 1.807) is 18.5 Å². The van der Waals surface area contributed by atoms with Crippen LogP contribution in [0.1, 0.15) is 25.6 Å². The van der Waals surface area contributed by atoms with Crippen LogP contribution in [0.2, 0.25) is 0 Å². The van der Waals surface area contributed by atoms with Crippen molar-refractivity contribution in [2.24, 2.45) is 0 Å². The molecule has 2 rings (SSSR count). The highest BCUT2D eigenvalue weighted by molar-refractivity contribution is 5.68. The highest BCUT2D eigenvalue weighted by atomic mass is 19.1. The molecular weight excluding hydrogens is 271 g/mol. The summed E-state index contributed by atoms with van der Waals surface area (Å²) in [6, 6.07) is 2.91. The fraction of sp³-hybridized carbons (Fsp3) is 0.400. The van der Waals surface area contributed by atoms with Crippen LogP contribution < -0.4 is 15.8 Å². The topological polar surface area (TPSA) is 76.0 Å². The molecule has 114 valence electrons. The van der Waals surface area contributed by atoms with Gasteiger partial charge in [-0.05, 0) is 12.8 Å². The number of halogens is 1. The molecule has 21 heavy (non-hydrogen) atoms. The van der Waals surface area contributed by atoms with E-state index in [0.29, 0.717) is 18.0 Å². The van der Waals surface area contributed by atoms with E-state index in [-0.39, 0.29) is 5.75 Å². The molecule has 0 unspecified atom stereocenters. The van der Waals surface area contributed by atoms with Crippen LogP contribution in [-0.2, 0) is 6.42 Å². The molecule has 0 amide bonds. The maximum absolute atomic E-state index is 13.7. The van der Waals surface area contributed by atoms with Gasteiger partial charge < -0.3 is 20.8 Å². The van der Waals surface area contributed by atoms with Gasteiger partial charge in [0.15, 0.2) is 11.6 Å². The quantitative estimate of drug-likeness (QED) is 0.516. The molecule has 0 aliphatic rings. The zero-order valence-electron chi connectivity index (χ0n) is 12.2. The SMILES string of the molecule is CCCOc1cc(NCCCc2ncc[nH]2)c(N)cc1F. The Labute approximate surface area is 123 Å². The van der Waals surface area contributed by atoms with Crippen molar-refractivity contribution < 1.29 is 9.13 Å². The number of rotatable bonds is 8. The Morgan fingerprint density at radius 2 is 2.29 bits per heavy atom. The van der Waals surface area contributed by atoms with Gasteiger partial charge in [0.25, 0.3) is 0 Å². The Hall–Kier alpha value is -2.24. The highest BCUT2D eigenvalue weighted by Crippen LogP contribution is 2.28. The maximum atomic E-state index is 13.7. The smallest absolute Gasteiger partial charge is 0.167 e. The van der Waals surface area contributed by atoms with Gasteiger partial charge in [-0.2, -0.15) is 0 Å². The Morgan fingerprint density at radius 1 is 1.43 bits per heavy atom. The normalized spacial score (nSPS) is 10.6. The van der Waals surface area contributed by atoms with E-state index in [1.165, 1.54) is 6.07 Å². The molecule has 0 aliphatic carbocycles. The minimum absolute atomic E-state index is 0.236. The number of aromatic amines is 1. The van der Waals surface area contributed by atoms with Crippen LogP contribution in [0.5, 0.6) is 5.75 Å². The number of aromatic nitrogens is 2. The molecule has 0 bridgehead atoms. The van der Waals surface area contributed by atoms with Gasteiger partial charge in [0.1, 0.15) is 5.82 Å². The fourth-order valence-electron chi connectivity index (χ4n) is 1.96. The molecule has 1 heterocycles. The zero-order chi connectivity index (χ0) is 15.1. The summed E-state index contributed by atoms with van der Waals surface area (Å²) in [5.74, 6) is 0.762. The summed E-state index contributed by atoms with van der Waals surface area (Å²) >= 11 is 0. The Morgan fingerprint density at radius 3 is 3.00 bits per heavy atom. The number of hydrogen-bond donors (Lipinski definition) is 3. The number of nitrogen functional groups attached to an aromatic ring is 1. The first kappa shape index (κ1) is 15.2. The Bertz CT molecular complexity index is 557. The number of aryl methyl sites for hydroxylation is 1. The standard InChI is InChI=1S/C15H21FN4O/c1-2-8-21-14-10-13(12(17)9-11(14)16)18-5-3-4-15-19-6-7-20-15/h6-7,9-10,18H,2-5,8,17H2,1H3,(H,19,20). The molecule has 0 saturated heterocycles. The van der Waals surface area contributed by atoms with E-state index in [2.05, 4.69) is 15.3 Å². The average Bonchev–Trinajstić information content (AvgIpc) is 2.97. The molecule has 0 fully saturated rings. The van der Waals surface area contributed by atoms with Crippen LogP contribution >= 0.6 is 0 Å². The predicted molar refractivity (Wildman–Crippen MR) is 82.0 cm³/mol. The molecule has 4 N–H and O–H groups in total. The predicted octanol–water partition coefficient (Wildman–Crippen LogP) is 2.96. The van der Waals surface area contributed by atoms with E-state index >= 15 is 0 Å². The van der Waals surface area contributed by atoms with Crippen molar-refractivity contribution in [3.05, 3.63) is 36.2 Å². The van der Waals surface area contributed by atoms with Crippen molar-refractivity contribution in [3.8, 4) is 5.75 Å². The summed E-state index contributed by atoms with van der Waals surface area (Å²) < 4.78 is 19.0. The summed E-state index contributed by atoms with van der Waals surface area (Å²) in [6.45, 7) is 3.19. The number of nitrogens with zero attached hydrogens (tertiary/aromatic N) is 1. The number of ether oxygens (including phenoxy) is 1. The second-order valence-electron chi connectivity index (χ2n) is 4.78. The molecule has 0 aliphatic heterocycles. The number of H-pyrrole nitrogens is 1. The van der Waals surface area contributed by atoms with Crippen molar-refractivity contribution in [2.45, 2.75) is 26.2 Å². The lowest BCUT2D eigenvalue weighted by atomic mass is 10.2. The second kappa shape index (κ2) is 7.52. The third-order valence-electron chi connectivity index (χ3n) is 3.03. The van der Waals surface area contributed by atoms with Crippen LogP contribution in [0, 0.1) is 5.82 Å². The first-order valence-corrected chi connectivity index (χ1v) is 7.14. The summed E-state index contributed by atoms with van der Waals surface area (Å²) in [4.78, 5) is 7.21. The van der Waals surface area contributed by atoms with Crippen molar-refractivity contribution in [1.29, 1.82) is 0 Å². The van der Waals surface area contributed by atoms with Crippen LogP contribution in [0.4, 0.5) is 15.8 Å². The molecule has 1 aromatic heterocycles. The van der Waals surface area contributed by atoms with Gasteiger partial charge in [-0.1, -0.05) is 6.92 Å². The molecular formula is C15H21FN4O. The van der Waals surface area contributed by atoms with Gasteiger partial charge >= 0.3 is 0 Å². The molecule has 2 aromatic rings. The lowest BCUT2D eigenvalue weighted by Crippen LogP contribution is -2.07. The first-order chi connectivity index (χ1) is 10.2. The number of hydrogen-bond acceptors (Lipinski definition) is 4. The van der Waals surface area contributed by atoms with Crippen LogP contribution in [0.15, 0.2) is 24.5 Å². The Balaban J connectivity index is 1.89. The van der Waals surface area contributed by atoms with Gasteiger partial charge in [-0.15, -0.1) is 0 Å². The van der Waals surface area contributed by atoms with E-state index in [1.807, 2.05) is 6.92 Å². The number of benzene rings is 1. The average molecular weight is 292 g/mol. The Kier molecular flexibility index (Phi) is 5.43. The van der Waals surface area contributed by atoms with Crippen molar-refractivity contribution in [3.63, 3.8) is 0 Å². The molecule has 5 nitrogen and oxygen atoms in total. The lowest BCUT2D eigenvalue weighted by molar-refractivity contribution is 0.301. The fourth-order valence-corrected chi connectivity index (χ4v) is 1.96. The summed E-state index contributed by atoms with van der Waals surface area (Å²) in [6.07, 6.45) is 6.11. The maximum Gasteiger partial charge on any atom is 0.167 e. The summed E-state index contributed by atoms with van der Waals surface area (Å²) in [5, 5.41) is 3.21. The second-order valence-corrected chi connectivity index (χ2v) is 4.78. The molecule has 0 atom stereocenters. The number of imidazole rings is 1. The van der Waals surface area contributed by atoms with Crippen LogP contribution in [0.3, 0.4) is 0 Å². The highest BCUT2D eigenvalue weighted by Gasteiger charge is 2.09. The zero-order valence-corrected chi connectivity index (χ0v) is 12.2. The number of nitrogens with two attached hydrogens (primary N) is 1. The third-order valence-corrected chi connectivity index (χ3v) is 3.03. The minimum Gasteiger partial charge on any atom is -0.490 e. The third kappa shape index (κ3) is 4.37. The van der Waals surface area contributed by atoms with Gasteiger partial charge in [0.2, 0.25) is 0 Å². The van der Waals surface area contributed by atoms with Gasteiger partial charge in [-0.3, -0.25) is 0 Å². The van der Waals surface area contributed by atoms with E-state index in [4.69, 9.17) is 10.5 Å². The molecule has 6 heteroatoms. The van der Waals surface area contributed by atoms with Gasteiger partial charge in [0, 0.05) is 37.5 Å². The summed E-state index contributed by atoms with van der Waals surface area (Å²) in [5.41, 5.74) is 6.90. The van der Waals surface area contributed by atoms with E-state index < -0.39 is 5.82 Å². The lowest BCUT2D eigenvalue weighted by Gasteiger charge is -2.12. The number of nitrogens with one attached hydrogen (secondary N) is 2. The van der Waals surface area contributed by atoms with Gasteiger partial charge in [-0.25, -0.2) is 9.37 Å². The minimum atomic E-state index is -0.429. The molecule has 1 aromatic carbocycles. The van der Waals surface area contributed by atoms with Crippen molar-refractivity contribution >= 4 is 11.4 Å². The van der Waals surface area contributed by atoms with Gasteiger partial charge in [0.05, 0.1) is 18.0 Å². The number of anilines is 2. The summed E-state index contributed by atoms with van der Waals surface area (Å²) in [7, 11) is 0. The van der Waals surface area contributed by atoms with Crippen molar-refractivity contribution in [2.75, 3.05) is 24.2 Å². The molecule has 0 radical (unpaired) electrons. The monoisotopic (exact) mass is 292 g/mol. The van der Waals surface area contributed by atoms with E-state index in [9.17, 15) is 4.39 Å². The first-order valence-electron chi connectivity index (χ1n) is 7.14. The van der Waals surface area contributed by atoms with E-state index in [0.717, 1.165) is 31.6 Å². The largest absolute Gasteiger partial charge is 0.490 e. The van der Waals surface area contributed by atoms with Crippen LogP contribution in [-0.4, -0.2) is 23.1 Å². The van der Waals surface area contributed by atoms with Crippen molar-refractivity contribution in [1.82, 2.24) is 9.97 Å². The molecule has 0 saturated carbocycles. The van der Waals surface area contributed by atoms with Crippen LogP contribution in [0.25, 0.3) is 0 Å².